The van der Waals surface area contributed by atoms with E-state index < -0.39 is 5.97 Å². The molecule has 0 saturated carbocycles. The number of hydrogen-bond acceptors (Lipinski definition) is 3. The number of H-pyrrole nitrogens is 1. The number of aliphatic carboxylic acids is 1. The first-order chi connectivity index (χ1) is 10.7. The molecule has 2 N–H and O–H groups in total. The molecule has 0 amide bonds. The Morgan fingerprint density at radius 1 is 1.32 bits per heavy atom. The van der Waals surface area contributed by atoms with Crippen molar-refractivity contribution in [3.63, 3.8) is 0 Å². The molecule has 5 nitrogen and oxygen atoms in total. The molecule has 1 aromatic carbocycles. The zero-order valence-corrected chi connectivity index (χ0v) is 11.7. The second-order valence-corrected chi connectivity index (χ2v) is 4.76. The molecule has 5 heteroatoms. The molecule has 0 aliphatic carbocycles. The van der Waals surface area contributed by atoms with Crippen LogP contribution in [0.3, 0.4) is 0 Å². The molecule has 0 bridgehead atoms. The van der Waals surface area contributed by atoms with E-state index in [1.54, 1.807) is 24.5 Å². The molecule has 3 aromatic rings. The molecule has 2 heterocycles. The third-order valence-corrected chi connectivity index (χ3v) is 3.21. The number of carboxylic acids is 1. The molecule has 3 rings (SSSR count). The van der Waals surface area contributed by atoms with E-state index in [9.17, 15) is 4.79 Å². The number of carboxylic acid groups (broad SMARTS) is 1. The van der Waals surface area contributed by atoms with E-state index in [1.165, 1.54) is 0 Å². The first kappa shape index (κ1) is 13.9. The van der Waals surface area contributed by atoms with Crippen LogP contribution in [-0.2, 0) is 11.4 Å². The molecule has 0 aliphatic rings. The summed E-state index contributed by atoms with van der Waals surface area (Å²) >= 11 is 0. The maximum absolute atomic E-state index is 10.6. The molecular weight excluding hydrogens is 280 g/mol. The molecule has 0 fully saturated rings. The van der Waals surface area contributed by atoms with E-state index >= 15 is 0 Å². The molecule has 0 spiro atoms. The zero-order valence-electron chi connectivity index (χ0n) is 11.7. The molecule has 110 valence electrons. The van der Waals surface area contributed by atoms with Gasteiger partial charge < -0.3 is 14.8 Å². The Balaban J connectivity index is 1.82. The summed E-state index contributed by atoms with van der Waals surface area (Å²) in [7, 11) is 0. The number of ether oxygens (including phenoxy) is 1. The molecular formula is C17H14N2O3. The predicted molar refractivity (Wildman–Crippen MR) is 83.5 cm³/mol. The quantitative estimate of drug-likeness (QED) is 0.708. The molecule has 0 unspecified atom stereocenters. The second kappa shape index (κ2) is 6.13. The summed E-state index contributed by atoms with van der Waals surface area (Å²) < 4.78 is 5.68. The fourth-order valence-electron chi connectivity index (χ4n) is 2.13. The summed E-state index contributed by atoms with van der Waals surface area (Å²) in [6.07, 6.45) is 6.07. The van der Waals surface area contributed by atoms with Crippen LogP contribution in [-0.4, -0.2) is 21.0 Å². The Morgan fingerprint density at radius 2 is 2.14 bits per heavy atom. The smallest absolute Gasteiger partial charge is 0.328 e. The van der Waals surface area contributed by atoms with E-state index in [-0.39, 0.29) is 0 Å². The summed E-state index contributed by atoms with van der Waals surface area (Å²) in [5.41, 5.74) is 2.67. The van der Waals surface area contributed by atoms with E-state index in [2.05, 4.69) is 9.97 Å². The van der Waals surface area contributed by atoms with Crippen molar-refractivity contribution in [1.29, 1.82) is 0 Å². The van der Waals surface area contributed by atoms with Gasteiger partial charge in [0.1, 0.15) is 6.61 Å². The number of pyridine rings is 1. The largest absolute Gasteiger partial charge is 0.478 e. The topological polar surface area (TPSA) is 75.2 Å². The van der Waals surface area contributed by atoms with Crippen molar-refractivity contribution in [2.75, 3.05) is 0 Å². The minimum Gasteiger partial charge on any atom is -0.478 e. The van der Waals surface area contributed by atoms with Crippen molar-refractivity contribution >= 4 is 22.9 Å². The highest BCUT2D eigenvalue weighted by Crippen LogP contribution is 2.23. The van der Waals surface area contributed by atoms with Gasteiger partial charge in [-0.15, -0.1) is 0 Å². The van der Waals surface area contributed by atoms with Crippen LogP contribution in [0.25, 0.3) is 17.0 Å². The Hall–Kier alpha value is -3.08. The van der Waals surface area contributed by atoms with Crippen molar-refractivity contribution in [2.45, 2.75) is 6.61 Å². The highest BCUT2D eigenvalue weighted by Gasteiger charge is 2.05. The van der Waals surface area contributed by atoms with Crippen molar-refractivity contribution in [3.8, 4) is 5.88 Å². The van der Waals surface area contributed by atoms with Crippen molar-refractivity contribution < 1.29 is 14.6 Å². The minimum atomic E-state index is -0.982. The van der Waals surface area contributed by atoms with Gasteiger partial charge in [-0.1, -0.05) is 30.3 Å². The highest BCUT2D eigenvalue weighted by molar-refractivity contribution is 5.93. The van der Waals surface area contributed by atoms with Gasteiger partial charge in [-0.2, -0.15) is 0 Å². The average Bonchev–Trinajstić information content (AvgIpc) is 2.94. The fourth-order valence-corrected chi connectivity index (χ4v) is 2.13. The summed E-state index contributed by atoms with van der Waals surface area (Å²) in [6.45, 7) is 0.435. The Morgan fingerprint density at radius 3 is 2.91 bits per heavy atom. The van der Waals surface area contributed by atoms with Crippen LogP contribution in [0.4, 0.5) is 0 Å². The van der Waals surface area contributed by atoms with Gasteiger partial charge in [0, 0.05) is 29.3 Å². The number of hydrogen-bond donors (Lipinski definition) is 2. The van der Waals surface area contributed by atoms with Gasteiger partial charge in [0.05, 0.1) is 11.7 Å². The van der Waals surface area contributed by atoms with Crippen molar-refractivity contribution in [1.82, 2.24) is 9.97 Å². The van der Waals surface area contributed by atoms with E-state index in [0.717, 1.165) is 28.1 Å². The van der Waals surface area contributed by atoms with Crippen molar-refractivity contribution in [3.05, 3.63) is 66.0 Å². The third-order valence-electron chi connectivity index (χ3n) is 3.21. The highest BCUT2D eigenvalue weighted by atomic mass is 16.5. The molecule has 0 atom stereocenters. The van der Waals surface area contributed by atoms with E-state index in [1.807, 2.05) is 30.3 Å². The lowest BCUT2D eigenvalue weighted by molar-refractivity contribution is -0.131. The summed E-state index contributed by atoms with van der Waals surface area (Å²) in [5.74, 6) is -0.482. The van der Waals surface area contributed by atoms with Crippen LogP contribution in [0.15, 0.2) is 54.9 Å². The maximum atomic E-state index is 10.6. The predicted octanol–water partition coefficient (Wildman–Crippen LogP) is 3.24. The van der Waals surface area contributed by atoms with Crippen LogP contribution in [0.1, 0.15) is 11.1 Å². The Bertz CT molecular complexity index is 822. The first-order valence-corrected chi connectivity index (χ1v) is 6.77. The average molecular weight is 294 g/mol. The van der Waals surface area contributed by atoms with Gasteiger partial charge >= 0.3 is 5.97 Å². The minimum absolute atomic E-state index is 0.435. The van der Waals surface area contributed by atoms with Gasteiger partial charge in [-0.3, -0.25) is 0 Å². The molecule has 2 aromatic heterocycles. The number of rotatable bonds is 5. The number of benzene rings is 1. The van der Waals surface area contributed by atoms with Gasteiger partial charge in [0.25, 0.3) is 0 Å². The lowest BCUT2D eigenvalue weighted by Crippen LogP contribution is -1.96. The number of fused-ring (bicyclic) bond motifs is 1. The summed E-state index contributed by atoms with van der Waals surface area (Å²) in [4.78, 5) is 17.9. The van der Waals surface area contributed by atoms with Gasteiger partial charge in [0.2, 0.25) is 5.88 Å². The number of carbonyl (C=O) groups is 1. The Labute approximate surface area is 126 Å². The van der Waals surface area contributed by atoms with Gasteiger partial charge in [-0.05, 0) is 11.6 Å². The fraction of sp³-hybridized carbons (Fsp3) is 0.0588. The second-order valence-electron chi connectivity index (χ2n) is 4.76. The monoisotopic (exact) mass is 294 g/mol. The lowest BCUT2D eigenvalue weighted by atomic mass is 10.2. The van der Waals surface area contributed by atoms with Gasteiger partial charge in [0.15, 0.2) is 0 Å². The van der Waals surface area contributed by atoms with E-state index in [4.69, 9.17) is 9.84 Å². The molecule has 0 radical (unpaired) electrons. The SMILES string of the molecule is O=C(O)/C=C/c1c[nH]c2cnc(OCc3ccccc3)cc12. The molecule has 0 aliphatic heterocycles. The first-order valence-electron chi connectivity index (χ1n) is 6.77. The van der Waals surface area contributed by atoms with Crippen LogP contribution in [0.5, 0.6) is 5.88 Å². The van der Waals surface area contributed by atoms with Crippen LogP contribution >= 0.6 is 0 Å². The zero-order chi connectivity index (χ0) is 15.4. The number of nitrogens with one attached hydrogen (secondary N) is 1. The third kappa shape index (κ3) is 3.15. The van der Waals surface area contributed by atoms with Gasteiger partial charge in [-0.25, -0.2) is 9.78 Å². The summed E-state index contributed by atoms with van der Waals surface area (Å²) in [5, 5.41) is 9.59. The standard InChI is InChI=1S/C17H14N2O3/c20-17(21)7-6-13-9-18-15-10-19-16(8-14(13)15)22-11-12-4-2-1-3-5-12/h1-10,18H,11H2,(H,20,21)/b7-6+. The molecule has 0 saturated heterocycles. The van der Waals surface area contributed by atoms with Crippen LogP contribution < -0.4 is 4.74 Å². The Kier molecular flexibility index (Phi) is 3.87. The van der Waals surface area contributed by atoms with Crippen LogP contribution in [0.2, 0.25) is 0 Å². The maximum Gasteiger partial charge on any atom is 0.328 e. The lowest BCUT2D eigenvalue weighted by Gasteiger charge is -2.05. The van der Waals surface area contributed by atoms with Crippen LogP contribution in [0, 0.1) is 0 Å². The van der Waals surface area contributed by atoms with E-state index in [0.29, 0.717) is 12.5 Å². The molecule has 22 heavy (non-hydrogen) atoms. The summed E-state index contributed by atoms with van der Waals surface area (Å²) in [6, 6.07) is 11.6. The normalized spacial score (nSPS) is 11.1. The number of aromatic nitrogens is 2. The number of aromatic amines is 1. The number of nitrogens with zero attached hydrogens (tertiary/aromatic N) is 1. The van der Waals surface area contributed by atoms with Crippen molar-refractivity contribution in [2.24, 2.45) is 0 Å².